The van der Waals surface area contributed by atoms with Gasteiger partial charge >= 0.3 is 5.97 Å². The summed E-state index contributed by atoms with van der Waals surface area (Å²) in [5.74, 6) is 0.978. The summed E-state index contributed by atoms with van der Waals surface area (Å²) in [6.45, 7) is 6.18. The monoisotopic (exact) mass is 358 g/mol. The van der Waals surface area contributed by atoms with Gasteiger partial charge in [-0.05, 0) is 43.1 Å². The molecule has 26 heavy (non-hydrogen) atoms. The molecule has 0 aromatic heterocycles. The molecule has 0 heterocycles. The van der Waals surface area contributed by atoms with Crippen LogP contribution in [0.25, 0.3) is 0 Å². The highest BCUT2D eigenvalue weighted by Gasteiger charge is 2.60. The first-order chi connectivity index (χ1) is 12.3. The van der Waals surface area contributed by atoms with Gasteiger partial charge in [0.15, 0.2) is 0 Å². The van der Waals surface area contributed by atoms with Crippen LogP contribution in [0.2, 0.25) is 0 Å². The molecule has 4 rings (SSSR count). The maximum Gasteiger partial charge on any atom is 0.306 e. The first-order valence-electron chi connectivity index (χ1n) is 10.1. The summed E-state index contributed by atoms with van der Waals surface area (Å²) in [5.41, 5.74) is 0.837. The molecule has 0 radical (unpaired) electrons. The van der Waals surface area contributed by atoms with Crippen LogP contribution < -0.4 is 0 Å². The highest BCUT2D eigenvalue weighted by atomic mass is 16.5. The predicted molar refractivity (Wildman–Crippen MR) is 98.2 cm³/mol. The molecule has 4 heteroatoms. The first-order valence-corrected chi connectivity index (χ1v) is 10.1. The van der Waals surface area contributed by atoms with E-state index in [0.717, 1.165) is 19.3 Å². The molecule has 4 aliphatic rings. The van der Waals surface area contributed by atoms with Crippen molar-refractivity contribution in [3.05, 3.63) is 23.8 Å². The molecule has 0 spiro atoms. The van der Waals surface area contributed by atoms with E-state index in [4.69, 9.17) is 4.74 Å². The van der Waals surface area contributed by atoms with Gasteiger partial charge in [0.25, 0.3) is 0 Å². The standard InChI is InChI=1S/C22H30O4/c1-4-19(25)26-14-7-9-21(2)13(11-14)12-17(23)20-15-5-6-18(24)22(15,3)10-8-16(20)21/h7,9,12,14-17,20,23H,4-6,8,10-11H2,1-3H3/t14-,15-,16-,17-,20-,21-,22-/m0/s1. The van der Waals surface area contributed by atoms with Crippen molar-refractivity contribution in [2.24, 2.45) is 28.6 Å². The van der Waals surface area contributed by atoms with Gasteiger partial charge in [-0.25, -0.2) is 0 Å². The zero-order chi connectivity index (χ0) is 18.7. The van der Waals surface area contributed by atoms with Crippen molar-refractivity contribution < 1.29 is 19.4 Å². The minimum atomic E-state index is -0.507. The fourth-order valence-corrected chi connectivity index (χ4v) is 6.32. The van der Waals surface area contributed by atoms with Gasteiger partial charge in [-0.3, -0.25) is 9.59 Å². The summed E-state index contributed by atoms with van der Waals surface area (Å²) >= 11 is 0. The Labute approximate surface area is 155 Å². The van der Waals surface area contributed by atoms with Crippen LogP contribution in [-0.4, -0.2) is 29.1 Å². The van der Waals surface area contributed by atoms with Gasteiger partial charge in [-0.15, -0.1) is 0 Å². The zero-order valence-electron chi connectivity index (χ0n) is 16.0. The smallest absolute Gasteiger partial charge is 0.306 e. The second-order valence-electron chi connectivity index (χ2n) is 9.12. The topological polar surface area (TPSA) is 63.6 Å². The molecule has 0 saturated heterocycles. The van der Waals surface area contributed by atoms with E-state index in [-0.39, 0.29) is 34.7 Å². The molecule has 2 saturated carbocycles. The summed E-state index contributed by atoms with van der Waals surface area (Å²) in [4.78, 5) is 24.1. The van der Waals surface area contributed by atoms with E-state index in [9.17, 15) is 14.7 Å². The molecule has 2 fully saturated rings. The maximum atomic E-state index is 12.5. The number of hydrogen-bond acceptors (Lipinski definition) is 4. The van der Waals surface area contributed by atoms with Gasteiger partial charge in [-0.2, -0.15) is 0 Å². The van der Waals surface area contributed by atoms with Crippen molar-refractivity contribution in [2.75, 3.05) is 0 Å². The Kier molecular flexibility index (Phi) is 4.18. The Hall–Kier alpha value is -1.42. The highest BCUT2D eigenvalue weighted by Crippen LogP contribution is 2.63. The van der Waals surface area contributed by atoms with Gasteiger partial charge in [0.2, 0.25) is 0 Å². The Bertz CT molecular complexity index is 692. The van der Waals surface area contributed by atoms with Gasteiger partial charge in [0.05, 0.1) is 6.10 Å². The van der Waals surface area contributed by atoms with Crippen LogP contribution in [0.4, 0.5) is 0 Å². The van der Waals surface area contributed by atoms with Crippen LogP contribution in [0.3, 0.4) is 0 Å². The highest BCUT2D eigenvalue weighted by molar-refractivity contribution is 5.87. The van der Waals surface area contributed by atoms with Crippen molar-refractivity contribution in [1.82, 2.24) is 0 Å². The number of Topliss-reactive ketones (excluding diaryl/α,β-unsaturated/α-hetero) is 1. The largest absolute Gasteiger partial charge is 0.458 e. The molecule has 7 atom stereocenters. The number of fused-ring (bicyclic) bond motifs is 5. The molecule has 4 aliphatic carbocycles. The molecule has 142 valence electrons. The van der Waals surface area contributed by atoms with Crippen LogP contribution in [0, 0.1) is 28.6 Å². The van der Waals surface area contributed by atoms with Crippen LogP contribution in [-0.2, 0) is 14.3 Å². The summed E-state index contributed by atoms with van der Waals surface area (Å²) < 4.78 is 5.51. The molecular formula is C22H30O4. The van der Waals surface area contributed by atoms with E-state index in [2.05, 4.69) is 19.9 Å². The maximum absolute atomic E-state index is 12.5. The summed E-state index contributed by atoms with van der Waals surface area (Å²) in [6, 6.07) is 0. The van der Waals surface area contributed by atoms with Crippen molar-refractivity contribution >= 4 is 11.8 Å². The van der Waals surface area contributed by atoms with Crippen molar-refractivity contribution in [1.29, 1.82) is 0 Å². The molecule has 4 nitrogen and oxygen atoms in total. The molecule has 0 aliphatic heterocycles. The number of ketones is 1. The second kappa shape index (κ2) is 6.05. The van der Waals surface area contributed by atoms with Gasteiger partial charge in [-0.1, -0.05) is 38.5 Å². The van der Waals surface area contributed by atoms with Crippen LogP contribution in [0.1, 0.15) is 59.3 Å². The number of ether oxygens (including phenoxy) is 1. The van der Waals surface area contributed by atoms with Crippen molar-refractivity contribution in [2.45, 2.75) is 71.5 Å². The number of allylic oxidation sites excluding steroid dienone is 1. The third-order valence-electron chi connectivity index (χ3n) is 7.92. The fourth-order valence-electron chi connectivity index (χ4n) is 6.32. The van der Waals surface area contributed by atoms with Crippen LogP contribution in [0.15, 0.2) is 23.8 Å². The number of carbonyl (C=O) groups is 2. The summed E-state index contributed by atoms with van der Waals surface area (Å²) in [6.07, 6.45) is 10.0. The molecule has 0 aromatic rings. The molecule has 0 amide bonds. The van der Waals surface area contributed by atoms with E-state index < -0.39 is 6.10 Å². The SMILES string of the molecule is CCC(=O)O[C@H]1C=C[C@@]2(C)C(=C[C@H](O)[C@@H]3[C@@H]2CC[C@]2(C)C(=O)CC[C@@H]32)C1. The molecule has 0 unspecified atom stereocenters. The minimum Gasteiger partial charge on any atom is -0.458 e. The average Bonchev–Trinajstić information content (AvgIpc) is 2.91. The van der Waals surface area contributed by atoms with Gasteiger partial charge in [0, 0.05) is 30.1 Å². The third-order valence-corrected chi connectivity index (χ3v) is 7.92. The molecule has 0 bridgehead atoms. The first kappa shape index (κ1) is 18.0. The summed E-state index contributed by atoms with van der Waals surface area (Å²) in [5, 5.41) is 11.0. The van der Waals surface area contributed by atoms with E-state index in [1.807, 2.05) is 12.2 Å². The van der Waals surface area contributed by atoms with Crippen LogP contribution in [0.5, 0.6) is 0 Å². The van der Waals surface area contributed by atoms with Gasteiger partial charge < -0.3 is 9.84 Å². The third kappa shape index (κ3) is 2.45. The Morgan fingerprint density at radius 3 is 2.81 bits per heavy atom. The molecule has 0 aromatic carbocycles. The van der Waals surface area contributed by atoms with Crippen molar-refractivity contribution in [3.8, 4) is 0 Å². The number of rotatable bonds is 2. The fraction of sp³-hybridized carbons (Fsp3) is 0.727. The normalized spacial score (nSPS) is 46.8. The number of esters is 1. The lowest BCUT2D eigenvalue weighted by Gasteiger charge is -2.56. The average molecular weight is 358 g/mol. The van der Waals surface area contributed by atoms with Crippen molar-refractivity contribution in [3.63, 3.8) is 0 Å². The number of aliphatic hydroxyl groups is 1. The Morgan fingerprint density at radius 2 is 2.08 bits per heavy atom. The summed E-state index contributed by atoms with van der Waals surface area (Å²) in [7, 11) is 0. The Balaban J connectivity index is 1.65. The lowest BCUT2D eigenvalue weighted by molar-refractivity contribution is -0.146. The lowest BCUT2D eigenvalue weighted by atomic mass is 9.48. The number of aliphatic hydroxyl groups excluding tert-OH is 1. The quantitative estimate of drug-likeness (QED) is 0.605. The minimum absolute atomic E-state index is 0.105. The lowest BCUT2D eigenvalue weighted by Crippen LogP contribution is -2.53. The van der Waals surface area contributed by atoms with Crippen LogP contribution >= 0.6 is 0 Å². The molecule has 1 N–H and O–H groups in total. The van der Waals surface area contributed by atoms with E-state index >= 15 is 0 Å². The Morgan fingerprint density at radius 1 is 1.31 bits per heavy atom. The predicted octanol–water partition coefficient (Wildman–Crippen LogP) is 3.59. The zero-order valence-corrected chi connectivity index (χ0v) is 16.0. The second-order valence-corrected chi connectivity index (χ2v) is 9.12. The number of carbonyl (C=O) groups excluding carboxylic acids is 2. The van der Waals surface area contributed by atoms with Gasteiger partial charge in [0.1, 0.15) is 11.9 Å². The van der Waals surface area contributed by atoms with E-state index in [0.29, 0.717) is 31.0 Å². The molecular weight excluding hydrogens is 328 g/mol. The number of hydrogen-bond donors (Lipinski definition) is 1. The van der Waals surface area contributed by atoms with E-state index in [1.54, 1.807) is 6.92 Å². The van der Waals surface area contributed by atoms with E-state index in [1.165, 1.54) is 5.57 Å².